The lowest BCUT2D eigenvalue weighted by atomic mass is 9.92. The van der Waals surface area contributed by atoms with Crippen LogP contribution in [0.4, 0.5) is 0 Å². The molecule has 1 radical (unpaired) electrons. The van der Waals surface area contributed by atoms with Gasteiger partial charge in [-0.05, 0) is 44.8 Å². The lowest BCUT2D eigenvalue weighted by molar-refractivity contribution is 1.74. The maximum absolute atomic E-state index is 7.41. The van der Waals surface area contributed by atoms with E-state index >= 15 is 0 Å². The Balaban J connectivity index is 2.45. The van der Waals surface area contributed by atoms with Crippen molar-refractivity contribution >= 4 is 32.3 Å². The van der Waals surface area contributed by atoms with Crippen molar-refractivity contribution in [3.8, 4) is 5.92 Å². The highest BCUT2D eigenvalue weighted by molar-refractivity contribution is 6.23. The van der Waals surface area contributed by atoms with Crippen molar-refractivity contribution < 1.29 is 0 Å². The third-order valence-electron chi connectivity index (χ3n) is 3.66. The van der Waals surface area contributed by atoms with Crippen molar-refractivity contribution in [1.29, 1.82) is 0 Å². The Labute approximate surface area is 105 Å². The highest BCUT2D eigenvalue weighted by Crippen LogP contribution is 2.35. The van der Waals surface area contributed by atoms with E-state index < -0.39 is 0 Å². The summed E-state index contributed by atoms with van der Waals surface area (Å²) in [5.41, 5.74) is 0.862. The zero-order valence-electron chi connectivity index (χ0n) is 9.70. The maximum Gasteiger partial charge on any atom is 0.0334 e. The van der Waals surface area contributed by atoms with Crippen molar-refractivity contribution in [2.75, 3.05) is 0 Å². The Morgan fingerprint density at radius 3 is 2.00 bits per heavy atom. The normalized spacial score (nSPS) is 11.3. The molecule has 81 valence electrons. The molecule has 0 nitrogen and oxygen atoms in total. The molecule has 4 rings (SSSR count). The van der Waals surface area contributed by atoms with E-state index in [0.29, 0.717) is 0 Å². The van der Waals surface area contributed by atoms with E-state index in [1.807, 2.05) is 6.07 Å². The lowest BCUT2D eigenvalue weighted by Crippen LogP contribution is -1.86. The van der Waals surface area contributed by atoms with Crippen LogP contribution in [-0.2, 0) is 0 Å². The van der Waals surface area contributed by atoms with Crippen LogP contribution in [0.1, 0.15) is 5.56 Å². The highest BCUT2D eigenvalue weighted by atomic mass is 14.1. The molecule has 0 unspecified atom stereocenters. The van der Waals surface area contributed by atoms with E-state index in [4.69, 9.17) is 6.42 Å². The van der Waals surface area contributed by atoms with Crippen molar-refractivity contribution in [3.63, 3.8) is 0 Å². The lowest BCUT2D eigenvalue weighted by Gasteiger charge is -2.11. The molecule has 0 aliphatic heterocycles. The molecule has 0 N–H and O–H groups in total. The number of hydrogen-bond acceptors (Lipinski definition) is 0. The van der Waals surface area contributed by atoms with E-state index in [9.17, 15) is 0 Å². The molecule has 0 bridgehead atoms. The van der Waals surface area contributed by atoms with Gasteiger partial charge in [0.25, 0.3) is 0 Å². The van der Waals surface area contributed by atoms with Gasteiger partial charge in [-0.25, -0.2) is 0 Å². The molecule has 0 amide bonds. The fourth-order valence-electron chi connectivity index (χ4n) is 2.84. The first-order chi connectivity index (χ1) is 8.88. The molecule has 0 saturated carbocycles. The smallest absolute Gasteiger partial charge is 0.0334 e. The number of benzene rings is 4. The summed E-state index contributed by atoms with van der Waals surface area (Å²) < 4.78 is 0. The Kier molecular flexibility index (Phi) is 1.71. The minimum Gasteiger partial charge on any atom is -0.0610 e. The average Bonchev–Trinajstić information content (AvgIpc) is 2.44. The fraction of sp³-hybridized carbons (Fsp3) is 0. The topological polar surface area (TPSA) is 0 Å². The van der Waals surface area contributed by atoms with Crippen LogP contribution < -0.4 is 0 Å². The van der Waals surface area contributed by atoms with Gasteiger partial charge in [0.1, 0.15) is 0 Å². The zero-order chi connectivity index (χ0) is 12.1. The first-order valence-corrected chi connectivity index (χ1v) is 5.98. The van der Waals surface area contributed by atoms with Crippen LogP contribution in [0.15, 0.2) is 54.6 Å². The molecule has 4 aromatic carbocycles. The molecule has 0 atom stereocenters. The van der Waals surface area contributed by atoms with E-state index in [0.717, 1.165) is 10.9 Å². The van der Waals surface area contributed by atoms with Crippen LogP contribution in [0.5, 0.6) is 0 Å². The minimum absolute atomic E-state index is 0.862. The zero-order valence-corrected chi connectivity index (χ0v) is 9.70. The fourth-order valence-corrected chi connectivity index (χ4v) is 2.84. The molecule has 0 heterocycles. The Bertz CT molecular complexity index is 907. The summed E-state index contributed by atoms with van der Waals surface area (Å²) in [6.45, 7) is 0. The summed E-state index contributed by atoms with van der Waals surface area (Å²) in [7, 11) is 0. The van der Waals surface area contributed by atoms with Crippen molar-refractivity contribution in [2.45, 2.75) is 0 Å². The second-order valence-corrected chi connectivity index (χ2v) is 4.59. The summed E-state index contributed by atoms with van der Waals surface area (Å²) in [5, 5.41) is 7.41. The first kappa shape index (κ1) is 9.50. The van der Waals surface area contributed by atoms with Gasteiger partial charge in [0.05, 0.1) is 0 Å². The molecule has 18 heavy (non-hydrogen) atoms. The van der Waals surface area contributed by atoms with E-state index in [2.05, 4.69) is 54.5 Å². The first-order valence-electron chi connectivity index (χ1n) is 5.98. The SMILES string of the molecule is [C]#Cc1ccc2ccc3cccc4ccc1c2c34. The van der Waals surface area contributed by atoms with E-state index in [1.54, 1.807) is 0 Å². The molecule has 0 aliphatic rings. The van der Waals surface area contributed by atoms with Gasteiger partial charge in [-0.1, -0.05) is 54.5 Å². The van der Waals surface area contributed by atoms with Gasteiger partial charge in [0, 0.05) is 5.56 Å². The number of hydrogen-bond donors (Lipinski definition) is 0. The molecule has 0 aliphatic carbocycles. The highest BCUT2D eigenvalue weighted by Gasteiger charge is 2.09. The molecular formula is C18H9. The maximum atomic E-state index is 7.41. The van der Waals surface area contributed by atoms with Gasteiger partial charge in [0.15, 0.2) is 0 Å². The van der Waals surface area contributed by atoms with Gasteiger partial charge in [-0.15, -0.1) is 0 Å². The van der Waals surface area contributed by atoms with Crippen LogP contribution in [0, 0.1) is 12.3 Å². The van der Waals surface area contributed by atoms with Crippen LogP contribution in [0.2, 0.25) is 0 Å². The molecule has 0 saturated heterocycles. The monoisotopic (exact) mass is 225 g/mol. The van der Waals surface area contributed by atoms with Crippen molar-refractivity contribution in [1.82, 2.24) is 0 Å². The summed E-state index contributed by atoms with van der Waals surface area (Å²) >= 11 is 0. The van der Waals surface area contributed by atoms with Crippen LogP contribution >= 0.6 is 0 Å². The Hall–Kier alpha value is -2.52. The van der Waals surface area contributed by atoms with Gasteiger partial charge >= 0.3 is 0 Å². The predicted octanol–water partition coefficient (Wildman–Crippen LogP) is 4.52. The second-order valence-electron chi connectivity index (χ2n) is 4.59. The summed E-state index contributed by atoms with van der Waals surface area (Å²) in [4.78, 5) is 0. The van der Waals surface area contributed by atoms with Crippen molar-refractivity contribution in [2.24, 2.45) is 0 Å². The van der Waals surface area contributed by atoms with Gasteiger partial charge in [-0.2, -0.15) is 0 Å². The second kappa shape index (κ2) is 3.24. The third kappa shape index (κ3) is 1.06. The van der Waals surface area contributed by atoms with Crippen LogP contribution in [0.3, 0.4) is 0 Å². The average molecular weight is 225 g/mol. The molecule has 4 aromatic rings. The summed E-state index contributed by atoms with van der Waals surface area (Å²) in [6, 6.07) is 19.0. The van der Waals surface area contributed by atoms with Crippen molar-refractivity contribution in [3.05, 3.63) is 66.6 Å². The van der Waals surface area contributed by atoms with Crippen LogP contribution in [-0.4, -0.2) is 0 Å². The Morgan fingerprint density at radius 1 is 0.667 bits per heavy atom. The predicted molar refractivity (Wildman–Crippen MR) is 76.4 cm³/mol. The summed E-state index contributed by atoms with van der Waals surface area (Å²) in [6.07, 6.45) is 7.41. The standard InChI is InChI=1S/C18H9/c1-2-12-6-7-15-9-8-13-4-3-5-14-10-11-16(12)18(15)17(13)14/h3-11H. The molecule has 0 heteroatoms. The number of rotatable bonds is 0. The Morgan fingerprint density at radius 2 is 1.28 bits per heavy atom. The van der Waals surface area contributed by atoms with E-state index in [-0.39, 0.29) is 0 Å². The van der Waals surface area contributed by atoms with E-state index in [1.165, 1.54) is 26.9 Å². The molecular weight excluding hydrogens is 216 g/mol. The quantitative estimate of drug-likeness (QED) is 0.305. The van der Waals surface area contributed by atoms with Gasteiger partial charge in [-0.3, -0.25) is 0 Å². The minimum atomic E-state index is 0.862. The molecule has 0 spiro atoms. The summed E-state index contributed by atoms with van der Waals surface area (Å²) in [5.74, 6) is 2.53. The largest absolute Gasteiger partial charge is 0.0610 e. The van der Waals surface area contributed by atoms with Crippen LogP contribution in [0.25, 0.3) is 32.3 Å². The third-order valence-corrected chi connectivity index (χ3v) is 3.66. The van der Waals surface area contributed by atoms with Gasteiger partial charge in [0.2, 0.25) is 0 Å². The molecule has 0 fully saturated rings. The molecule has 0 aromatic heterocycles. The van der Waals surface area contributed by atoms with Gasteiger partial charge < -0.3 is 0 Å².